The molecule has 0 heterocycles. The lowest BCUT2D eigenvalue weighted by Crippen LogP contribution is -1.99. The van der Waals surface area contributed by atoms with E-state index >= 15 is 0 Å². The molecule has 1 atom stereocenters. The molecule has 0 bridgehead atoms. The summed E-state index contributed by atoms with van der Waals surface area (Å²) in [7, 11) is 0. The molecule has 0 aromatic heterocycles. The van der Waals surface area contributed by atoms with E-state index in [1.165, 1.54) is 11.6 Å². The molecule has 0 saturated carbocycles. The summed E-state index contributed by atoms with van der Waals surface area (Å²) in [6.07, 6.45) is 3.32. The lowest BCUT2D eigenvalue weighted by atomic mass is 10.0. The highest BCUT2D eigenvalue weighted by atomic mass is 19.1. The van der Waals surface area contributed by atoms with E-state index in [1.807, 2.05) is 6.07 Å². The Kier molecular flexibility index (Phi) is 2.13. The van der Waals surface area contributed by atoms with Gasteiger partial charge in [0, 0.05) is 6.42 Å². The molecule has 2 rings (SSSR count). The molecular formula is C11H11FO. The number of hydrogen-bond donors (Lipinski definition) is 0. The van der Waals surface area contributed by atoms with Crippen molar-refractivity contribution < 1.29 is 9.18 Å². The van der Waals surface area contributed by atoms with Gasteiger partial charge in [-0.15, -0.1) is 0 Å². The summed E-state index contributed by atoms with van der Waals surface area (Å²) in [6.45, 7) is 0. The normalized spacial score (nSPS) is 19.9. The molecule has 0 amide bonds. The first-order chi connectivity index (χ1) is 6.29. The number of rotatable bonds is 2. The van der Waals surface area contributed by atoms with Crippen molar-refractivity contribution in [3.8, 4) is 0 Å². The maximum absolute atomic E-state index is 12.8. The third kappa shape index (κ3) is 1.62. The monoisotopic (exact) mass is 178 g/mol. The Morgan fingerprint density at radius 2 is 2.15 bits per heavy atom. The molecule has 0 radical (unpaired) electrons. The Hall–Kier alpha value is -1.18. The second-order valence-electron chi connectivity index (χ2n) is 3.59. The van der Waals surface area contributed by atoms with Gasteiger partial charge in [0.05, 0.1) is 0 Å². The van der Waals surface area contributed by atoms with Crippen LogP contribution in [0.4, 0.5) is 4.39 Å². The van der Waals surface area contributed by atoms with E-state index in [1.54, 1.807) is 6.07 Å². The van der Waals surface area contributed by atoms with E-state index in [-0.39, 0.29) is 5.82 Å². The molecule has 0 spiro atoms. The molecule has 1 aliphatic carbocycles. The first-order valence-electron chi connectivity index (χ1n) is 4.50. The van der Waals surface area contributed by atoms with Crippen LogP contribution in [0.15, 0.2) is 18.2 Å². The van der Waals surface area contributed by atoms with Crippen LogP contribution in [0.25, 0.3) is 0 Å². The van der Waals surface area contributed by atoms with Crippen molar-refractivity contribution in [2.45, 2.75) is 19.3 Å². The fraction of sp³-hybridized carbons (Fsp3) is 0.364. The number of fused-ring (bicyclic) bond motifs is 1. The van der Waals surface area contributed by atoms with Gasteiger partial charge in [0.25, 0.3) is 0 Å². The van der Waals surface area contributed by atoms with E-state index in [4.69, 9.17) is 0 Å². The number of benzene rings is 1. The largest absolute Gasteiger partial charge is 0.303 e. The average Bonchev–Trinajstić information content (AvgIpc) is 2.46. The Balaban J connectivity index is 2.20. The summed E-state index contributed by atoms with van der Waals surface area (Å²) >= 11 is 0. The predicted molar refractivity (Wildman–Crippen MR) is 48.0 cm³/mol. The third-order valence-electron chi connectivity index (χ3n) is 2.62. The smallest absolute Gasteiger partial charge is 0.123 e. The lowest BCUT2D eigenvalue weighted by molar-refractivity contribution is -0.108. The van der Waals surface area contributed by atoms with Gasteiger partial charge in [-0.3, -0.25) is 0 Å². The highest BCUT2D eigenvalue weighted by Gasteiger charge is 2.20. The van der Waals surface area contributed by atoms with Crippen LogP contribution in [0.2, 0.25) is 0 Å². The molecule has 2 heteroatoms. The first-order valence-corrected chi connectivity index (χ1v) is 4.50. The Labute approximate surface area is 76.6 Å². The highest BCUT2D eigenvalue weighted by molar-refractivity contribution is 5.51. The van der Waals surface area contributed by atoms with Gasteiger partial charge in [-0.2, -0.15) is 0 Å². The number of carbonyl (C=O) groups excluding carboxylic acids is 1. The summed E-state index contributed by atoms with van der Waals surface area (Å²) in [4.78, 5) is 10.3. The van der Waals surface area contributed by atoms with Crippen molar-refractivity contribution in [3.05, 3.63) is 35.1 Å². The van der Waals surface area contributed by atoms with Gasteiger partial charge < -0.3 is 4.79 Å². The van der Waals surface area contributed by atoms with Gasteiger partial charge in [0.2, 0.25) is 0 Å². The van der Waals surface area contributed by atoms with Gasteiger partial charge in [-0.05, 0) is 42.0 Å². The van der Waals surface area contributed by atoms with Crippen molar-refractivity contribution in [2.24, 2.45) is 5.92 Å². The molecule has 0 fully saturated rings. The maximum atomic E-state index is 12.8. The molecule has 0 aliphatic heterocycles. The zero-order valence-corrected chi connectivity index (χ0v) is 7.29. The number of halogens is 1. The van der Waals surface area contributed by atoms with Crippen LogP contribution in [0, 0.1) is 11.7 Å². The summed E-state index contributed by atoms with van der Waals surface area (Å²) in [5.74, 6) is 0.222. The average molecular weight is 178 g/mol. The fourth-order valence-corrected chi connectivity index (χ4v) is 1.98. The van der Waals surface area contributed by atoms with E-state index in [2.05, 4.69) is 0 Å². The minimum atomic E-state index is -0.175. The Bertz CT molecular complexity index is 333. The summed E-state index contributed by atoms with van der Waals surface area (Å²) in [6, 6.07) is 4.90. The van der Waals surface area contributed by atoms with E-state index in [9.17, 15) is 9.18 Å². The van der Waals surface area contributed by atoms with Crippen molar-refractivity contribution in [3.63, 3.8) is 0 Å². The van der Waals surface area contributed by atoms with Crippen molar-refractivity contribution in [1.29, 1.82) is 0 Å². The van der Waals surface area contributed by atoms with Crippen LogP contribution in [0.1, 0.15) is 17.5 Å². The summed E-state index contributed by atoms with van der Waals surface area (Å²) < 4.78 is 12.8. The van der Waals surface area contributed by atoms with Gasteiger partial charge >= 0.3 is 0 Å². The highest BCUT2D eigenvalue weighted by Crippen LogP contribution is 2.28. The molecule has 0 N–H and O–H groups in total. The SMILES string of the molecule is O=CCC1Cc2ccc(F)cc2C1. The quantitative estimate of drug-likeness (QED) is 0.634. The van der Waals surface area contributed by atoms with Crippen LogP contribution in [0.3, 0.4) is 0 Å². The van der Waals surface area contributed by atoms with Crippen molar-refractivity contribution >= 4 is 6.29 Å². The van der Waals surface area contributed by atoms with Crippen LogP contribution in [-0.2, 0) is 17.6 Å². The molecule has 0 saturated heterocycles. The molecule has 1 aliphatic rings. The summed E-state index contributed by atoms with van der Waals surface area (Å²) in [5, 5.41) is 0. The molecule has 68 valence electrons. The molecular weight excluding hydrogens is 167 g/mol. The topological polar surface area (TPSA) is 17.1 Å². The van der Waals surface area contributed by atoms with Crippen molar-refractivity contribution in [2.75, 3.05) is 0 Å². The zero-order chi connectivity index (χ0) is 9.26. The Morgan fingerprint density at radius 1 is 1.38 bits per heavy atom. The second kappa shape index (κ2) is 3.29. The lowest BCUT2D eigenvalue weighted by Gasteiger charge is -2.00. The predicted octanol–water partition coefficient (Wildman–Crippen LogP) is 2.13. The number of aldehydes is 1. The maximum Gasteiger partial charge on any atom is 0.123 e. The van der Waals surface area contributed by atoms with Gasteiger partial charge in [0.1, 0.15) is 12.1 Å². The van der Waals surface area contributed by atoms with Crippen LogP contribution >= 0.6 is 0 Å². The van der Waals surface area contributed by atoms with E-state index < -0.39 is 0 Å². The molecule has 1 unspecified atom stereocenters. The number of hydrogen-bond acceptors (Lipinski definition) is 1. The summed E-state index contributed by atoms with van der Waals surface area (Å²) in [5.41, 5.74) is 2.28. The van der Waals surface area contributed by atoms with Crippen LogP contribution < -0.4 is 0 Å². The second-order valence-corrected chi connectivity index (χ2v) is 3.59. The van der Waals surface area contributed by atoms with Crippen LogP contribution in [0.5, 0.6) is 0 Å². The van der Waals surface area contributed by atoms with Crippen molar-refractivity contribution in [1.82, 2.24) is 0 Å². The van der Waals surface area contributed by atoms with Gasteiger partial charge in [-0.1, -0.05) is 6.07 Å². The molecule has 1 nitrogen and oxygen atoms in total. The molecule has 1 aromatic rings. The van der Waals surface area contributed by atoms with Crippen LogP contribution in [-0.4, -0.2) is 6.29 Å². The molecule has 13 heavy (non-hydrogen) atoms. The molecule has 1 aromatic carbocycles. The third-order valence-corrected chi connectivity index (χ3v) is 2.62. The van der Waals surface area contributed by atoms with Gasteiger partial charge in [0.15, 0.2) is 0 Å². The minimum absolute atomic E-state index is 0.175. The fourth-order valence-electron chi connectivity index (χ4n) is 1.98. The number of carbonyl (C=O) groups is 1. The van der Waals surface area contributed by atoms with E-state index in [0.717, 1.165) is 24.7 Å². The van der Waals surface area contributed by atoms with E-state index in [0.29, 0.717) is 12.3 Å². The minimum Gasteiger partial charge on any atom is -0.303 e. The Morgan fingerprint density at radius 3 is 2.92 bits per heavy atom. The standard InChI is InChI=1S/C11H11FO/c12-11-2-1-9-5-8(3-4-13)6-10(9)7-11/h1-2,4,7-8H,3,5-6H2. The van der Waals surface area contributed by atoms with Gasteiger partial charge in [-0.25, -0.2) is 4.39 Å². The first kappa shape index (κ1) is 8.42. The zero-order valence-electron chi connectivity index (χ0n) is 7.29.